The van der Waals surface area contributed by atoms with Crippen LogP contribution < -0.4 is 0 Å². The van der Waals surface area contributed by atoms with Gasteiger partial charge in [-0.05, 0) is 26.7 Å². The molecule has 0 aliphatic rings. The molecule has 0 saturated heterocycles. The van der Waals surface area contributed by atoms with E-state index in [1.165, 1.54) is 6.92 Å². The summed E-state index contributed by atoms with van der Waals surface area (Å²) in [5, 5.41) is 9.55. The minimum Gasteiger partial charge on any atom is -0.388 e. The Morgan fingerprint density at radius 3 is 2.21 bits per heavy atom. The number of alkyl halides is 3. The maximum Gasteiger partial charge on any atom is 0.389 e. The summed E-state index contributed by atoms with van der Waals surface area (Å²) in [6.45, 7) is 3.79. The van der Waals surface area contributed by atoms with E-state index in [4.69, 9.17) is 4.74 Å². The zero-order valence-electron chi connectivity index (χ0n) is 8.52. The van der Waals surface area contributed by atoms with E-state index in [9.17, 15) is 18.3 Å². The van der Waals surface area contributed by atoms with Gasteiger partial charge in [-0.2, -0.15) is 13.2 Å². The third-order valence-corrected chi connectivity index (χ3v) is 1.79. The van der Waals surface area contributed by atoms with Crippen LogP contribution in [0.3, 0.4) is 0 Å². The summed E-state index contributed by atoms with van der Waals surface area (Å²) in [5.41, 5.74) is -1.15. The van der Waals surface area contributed by atoms with Crippen molar-refractivity contribution in [2.75, 3.05) is 13.2 Å². The first kappa shape index (κ1) is 13.7. The lowest BCUT2D eigenvalue weighted by molar-refractivity contribution is -0.138. The molecule has 0 rings (SSSR count). The van der Waals surface area contributed by atoms with Gasteiger partial charge < -0.3 is 9.84 Å². The first-order chi connectivity index (χ1) is 6.27. The SMILES string of the molecule is CCOCC(C)(O)CCCC(F)(F)F. The van der Waals surface area contributed by atoms with Gasteiger partial charge in [0.2, 0.25) is 0 Å². The molecule has 0 aliphatic heterocycles. The summed E-state index contributed by atoms with van der Waals surface area (Å²) in [6.07, 6.45) is -4.95. The zero-order chi connectivity index (χ0) is 11.2. The second kappa shape index (κ2) is 5.56. The molecule has 0 aromatic heterocycles. The third-order valence-electron chi connectivity index (χ3n) is 1.79. The van der Waals surface area contributed by atoms with Crippen LogP contribution in [0.5, 0.6) is 0 Å². The third kappa shape index (κ3) is 8.31. The lowest BCUT2D eigenvalue weighted by Gasteiger charge is -2.22. The van der Waals surface area contributed by atoms with Crippen molar-refractivity contribution in [2.24, 2.45) is 0 Å². The molecule has 0 aliphatic carbocycles. The monoisotopic (exact) mass is 214 g/mol. The van der Waals surface area contributed by atoms with Crippen molar-refractivity contribution >= 4 is 0 Å². The second-order valence-corrected chi connectivity index (χ2v) is 3.60. The summed E-state index contributed by atoms with van der Waals surface area (Å²) in [6, 6.07) is 0. The molecule has 5 heteroatoms. The fraction of sp³-hybridized carbons (Fsp3) is 1.00. The molecule has 0 bridgehead atoms. The minimum absolute atomic E-state index is 0.0659. The van der Waals surface area contributed by atoms with Gasteiger partial charge in [-0.3, -0.25) is 0 Å². The molecule has 0 saturated carbocycles. The molecule has 1 atom stereocenters. The minimum atomic E-state index is -4.14. The lowest BCUT2D eigenvalue weighted by Crippen LogP contribution is -2.31. The van der Waals surface area contributed by atoms with Crippen molar-refractivity contribution in [3.8, 4) is 0 Å². The fourth-order valence-corrected chi connectivity index (χ4v) is 1.06. The Kier molecular flexibility index (Phi) is 5.44. The quantitative estimate of drug-likeness (QED) is 0.736. The second-order valence-electron chi connectivity index (χ2n) is 3.60. The molecule has 0 aromatic rings. The highest BCUT2D eigenvalue weighted by Crippen LogP contribution is 2.24. The molecule has 1 unspecified atom stereocenters. The molecule has 0 fully saturated rings. The predicted octanol–water partition coefficient (Wildman–Crippen LogP) is 2.51. The summed E-state index contributed by atoms with van der Waals surface area (Å²) in [7, 11) is 0. The van der Waals surface area contributed by atoms with Crippen LogP contribution in [0.2, 0.25) is 0 Å². The summed E-state index contributed by atoms with van der Waals surface area (Å²) >= 11 is 0. The van der Waals surface area contributed by atoms with Crippen LogP contribution in [-0.2, 0) is 4.74 Å². The van der Waals surface area contributed by atoms with E-state index in [0.29, 0.717) is 6.61 Å². The van der Waals surface area contributed by atoms with E-state index < -0.39 is 18.2 Å². The van der Waals surface area contributed by atoms with Crippen molar-refractivity contribution in [1.82, 2.24) is 0 Å². The van der Waals surface area contributed by atoms with Gasteiger partial charge in [0, 0.05) is 13.0 Å². The average Bonchev–Trinajstić information content (AvgIpc) is 1.98. The maximum absolute atomic E-state index is 11.8. The van der Waals surface area contributed by atoms with Crippen LogP contribution in [0.4, 0.5) is 13.2 Å². The highest BCUT2D eigenvalue weighted by Gasteiger charge is 2.28. The van der Waals surface area contributed by atoms with Gasteiger partial charge in [0.25, 0.3) is 0 Å². The fourth-order valence-electron chi connectivity index (χ4n) is 1.06. The van der Waals surface area contributed by atoms with Crippen molar-refractivity contribution < 1.29 is 23.0 Å². The Morgan fingerprint density at radius 1 is 1.21 bits per heavy atom. The average molecular weight is 214 g/mol. The molecule has 0 spiro atoms. The standard InChI is InChI=1S/C9H17F3O2/c1-3-14-7-8(2,13)5-4-6-9(10,11)12/h13H,3-7H2,1-2H3. The van der Waals surface area contributed by atoms with Crippen LogP contribution in [0.25, 0.3) is 0 Å². The highest BCUT2D eigenvalue weighted by molar-refractivity contribution is 4.72. The van der Waals surface area contributed by atoms with Gasteiger partial charge in [-0.1, -0.05) is 0 Å². The Bertz CT molecular complexity index is 155. The highest BCUT2D eigenvalue weighted by atomic mass is 19.4. The Balaban J connectivity index is 3.65. The van der Waals surface area contributed by atoms with Crippen molar-refractivity contribution in [3.63, 3.8) is 0 Å². The number of halogens is 3. The first-order valence-electron chi connectivity index (χ1n) is 4.64. The molecule has 0 amide bonds. The molecule has 2 nitrogen and oxygen atoms in total. The first-order valence-corrected chi connectivity index (χ1v) is 4.64. The molecule has 86 valence electrons. The predicted molar refractivity (Wildman–Crippen MR) is 47.0 cm³/mol. The maximum atomic E-state index is 11.8. The smallest absolute Gasteiger partial charge is 0.388 e. The van der Waals surface area contributed by atoms with Gasteiger partial charge in [0.05, 0.1) is 12.2 Å². The number of aliphatic hydroxyl groups is 1. The molecule has 1 N–H and O–H groups in total. The van der Waals surface area contributed by atoms with E-state index >= 15 is 0 Å². The van der Waals surface area contributed by atoms with E-state index in [1.54, 1.807) is 6.92 Å². The zero-order valence-corrected chi connectivity index (χ0v) is 8.52. The van der Waals surface area contributed by atoms with Crippen LogP contribution in [0.15, 0.2) is 0 Å². The Hall–Kier alpha value is -0.290. The largest absolute Gasteiger partial charge is 0.389 e. The van der Waals surface area contributed by atoms with E-state index in [2.05, 4.69) is 0 Å². The van der Waals surface area contributed by atoms with Crippen LogP contribution in [-0.4, -0.2) is 30.1 Å². The number of hydrogen-bond donors (Lipinski definition) is 1. The Morgan fingerprint density at radius 2 is 1.79 bits per heavy atom. The Labute approximate surface area is 82.1 Å². The molecular weight excluding hydrogens is 197 g/mol. The molecule has 0 heterocycles. The number of rotatable bonds is 6. The summed E-state index contributed by atoms with van der Waals surface area (Å²) in [5.74, 6) is 0. The van der Waals surface area contributed by atoms with Crippen molar-refractivity contribution in [1.29, 1.82) is 0 Å². The van der Waals surface area contributed by atoms with E-state index in [1.807, 2.05) is 0 Å². The van der Waals surface area contributed by atoms with Gasteiger partial charge in [-0.25, -0.2) is 0 Å². The molecule has 0 radical (unpaired) electrons. The summed E-state index contributed by atoms with van der Waals surface area (Å²) < 4.78 is 40.3. The summed E-state index contributed by atoms with van der Waals surface area (Å²) in [4.78, 5) is 0. The van der Waals surface area contributed by atoms with E-state index in [-0.39, 0.29) is 19.4 Å². The molecular formula is C9H17F3O2. The van der Waals surface area contributed by atoms with Crippen molar-refractivity contribution in [3.05, 3.63) is 0 Å². The van der Waals surface area contributed by atoms with Gasteiger partial charge in [0.15, 0.2) is 0 Å². The van der Waals surface area contributed by atoms with Gasteiger partial charge in [-0.15, -0.1) is 0 Å². The van der Waals surface area contributed by atoms with Crippen LogP contribution >= 0.6 is 0 Å². The lowest BCUT2D eigenvalue weighted by atomic mass is 10.00. The van der Waals surface area contributed by atoms with Gasteiger partial charge in [0.1, 0.15) is 0 Å². The number of hydrogen-bond acceptors (Lipinski definition) is 2. The normalized spacial score (nSPS) is 16.7. The molecule has 14 heavy (non-hydrogen) atoms. The number of ether oxygens (including phenoxy) is 1. The molecule has 0 aromatic carbocycles. The van der Waals surface area contributed by atoms with Crippen LogP contribution in [0, 0.1) is 0 Å². The van der Waals surface area contributed by atoms with E-state index in [0.717, 1.165) is 0 Å². The van der Waals surface area contributed by atoms with Gasteiger partial charge >= 0.3 is 6.18 Å². The topological polar surface area (TPSA) is 29.5 Å². The van der Waals surface area contributed by atoms with Crippen molar-refractivity contribution in [2.45, 2.75) is 44.9 Å². The van der Waals surface area contributed by atoms with Crippen LogP contribution in [0.1, 0.15) is 33.1 Å².